The lowest BCUT2D eigenvalue weighted by Crippen LogP contribution is -2.53. The van der Waals surface area contributed by atoms with E-state index in [1.54, 1.807) is 0 Å². The minimum Gasteiger partial charge on any atom is -0.494 e. The van der Waals surface area contributed by atoms with E-state index in [0.29, 0.717) is 0 Å². The molecule has 2 atom stereocenters. The predicted molar refractivity (Wildman–Crippen MR) is 93.3 cm³/mol. The summed E-state index contributed by atoms with van der Waals surface area (Å²) in [7, 11) is 1.21. The highest BCUT2D eigenvalue weighted by Gasteiger charge is 2.49. The van der Waals surface area contributed by atoms with Gasteiger partial charge in [0.15, 0.2) is 11.8 Å². The average Bonchev–Trinajstić information content (AvgIpc) is 2.59. The van der Waals surface area contributed by atoms with Gasteiger partial charge in [-0.05, 0) is 35.3 Å². The Bertz CT molecular complexity index is 753. The quantitative estimate of drug-likeness (QED) is 0.453. The van der Waals surface area contributed by atoms with Gasteiger partial charge in [0.05, 0.1) is 23.5 Å². The van der Waals surface area contributed by atoms with Gasteiger partial charge in [-0.1, -0.05) is 0 Å². The maximum atomic E-state index is 13.7. The molecule has 5 nitrogen and oxygen atoms in total. The Balaban J connectivity index is 3.25. The number of hydrogen-bond donors (Lipinski definition) is 1. The minimum absolute atomic E-state index is 0.00752. The third-order valence-electron chi connectivity index (χ3n) is 3.97. The number of methoxy groups -OCH3 is 1. The van der Waals surface area contributed by atoms with Gasteiger partial charge in [0.25, 0.3) is 0 Å². The fourth-order valence-corrected chi connectivity index (χ4v) is 3.04. The molecule has 178 valence electrons. The van der Waals surface area contributed by atoms with E-state index in [1.807, 2.05) is 0 Å². The van der Waals surface area contributed by atoms with Crippen molar-refractivity contribution in [3.8, 4) is 5.75 Å². The topological polar surface area (TPSA) is 54.5 Å². The molecule has 0 aliphatic carbocycles. The van der Waals surface area contributed by atoms with Gasteiger partial charge in [0.1, 0.15) is 6.04 Å². The minimum atomic E-state index is -5.31. The molecular formula is C16H17BrF9N3O2. The largest absolute Gasteiger partial charge is 0.494 e. The van der Waals surface area contributed by atoms with Gasteiger partial charge in [0, 0.05) is 13.0 Å². The van der Waals surface area contributed by atoms with Gasteiger partial charge >= 0.3 is 24.6 Å². The second-order valence-corrected chi connectivity index (χ2v) is 7.03. The van der Waals surface area contributed by atoms with Crippen molar-refractivity contribution in [3.05, 3.63) is 22.4 Å². The zero-order valence-corrected chi connectivity index (χ0v) is 17.5. The zero-order chi connectivity index (χ0) is 24.2. The average molecular weight is 534 g/mol. The van der Waals surface area contributed by atoms with E-state index in [9.17, 15) is 44.3 Å². The van der Waals surface area contributed by atoms with E-state index in [1.165, 1.54) is 12.4 Å². The van der Waals surface area contributed by atoms with Crippen LogP contribution in [0.5, 0.6) is 5.75 Å². The van der Waals surface area contributed by atoms with Gasteiger partial charge in [-0.3, -0.25) is 4.98 Å². The molecule has 0 aromatic carbocycles. The van der Waals surface area contributed by atoms with Crippen LogP contribution in [0.4, 0.5) is 44.3 Å². The number of carbonyl (C=O) groups excluding carboxylic acids is 1. The number of nitrogens with zero attached hydrogens (tertiary/aromatic N) is 2. The third-order valence-corrected chi connectivity index (χ3v) is 4.59. The van der Waals surface area contributed by atoms with Crippen LogP contribution < -0.4 is 10.1 Å². The standard InChI is InChI=1S/C16H17BrF9N3O2/c1-3-29(13(30)28-11(15(21,22)23)4-5-14(18,19)20)12(16(24,25)26)9-6-8(17)10(31-2)7-27-9/h6-7,11-12H,3-5H2,1-2H3,(H,28,30). The molecule has 1 rings (SSSR count). The number of aromatic nitrogens is 1. The van der Waals surface area contributed by atoms with Crippen molar-refractivity contribution in [3.63, 3.8) is 0 Å². The van der Waals surface area contributed by atoms with Gasteiger partial charge < -0.3 is 15.0 Å². The van der Waals surface area contributed by atoms with Gasteiger partial charge in [-0.2, -0.15) is 39.5 Å². The molecule has 2 unspecified atom stereocenters. The number of pyridine rings is 1. The molecule has 0 saturated carbocycles. The monoisotopic (exact) mass is 533 g/mol. The molecule has 15 heteroatoms. The molecule has 1 aromatic rings. The molecular weight excluding hydrogens is 517 g/mol. The van der Waals surface area contributed by atoms with E-state index >= 15 is 0 Å². The van der Waals surface area contributed by atoms with Crippen LogP contribution in [-0.2, 0) is 0 Å². The SMILES string of the molecule is CCN(C(=O)NC(CCC(F)(F)F)C(F)(F)F)C(c1cc(Br)c(OC)cn1)C(F)(F)F. The van der Waals surface area contributed by atoms with Gasteiger partial charge in [-0.15, -0.1) is 0 Å². The number of alkyl halides is 9. The summed E-state index contributed by atoms with van der Waals surface area (Å²) in [5.74, 6) is 0.0569. The number of halogens is 10. The lowest BCUT2D eigenvalue weighted by Gasteiger charge is -2.34. The van der Waals surface area contributed by atoms with E-state index in [2.05, 4.69) is 20.9 Å². The van der Waals surface area contributed by atoms with Crippen LogP contribution in [0.15, 0.2) is 16.7 Å². The molecule has 0 radical (unpaired) electrons. The van der Waals surface area contributed by atoms with E-state index in [0.717, 1.165) is 19.2 Å². The van der Waals surface area contributed by atoms with Crippen molar-refractivity contribution in [2.24, 2.45) is 0 Å². The third kappa shape index (κ3) is 7.92. The Kier molecular flexibility index (Phi) is 8.85. The summed E-state index contributed by atoms with van der Waals surface area (Å²) in [4.78, 5) is 15.9. The highest BCUT2D eigenvalue weighted by atomic mass is 79.9. The molecule has 0 aliphatic rings. The number of carbonyl (C=O) groups is 1. The highest BCUT2D eigenvalue weighted by Crippen LogP contribution is 2.39. The van der Waals surface area contributed by atoms with Crippen molar-refractivity contribution in [1.29, 1.82) is 0 Å². The first-order valence-corrected chi connectivity index (χ1v) is 9.27. The van der Waals surface area contributed by atoms with Crippen molar-refractivity contribution in [1.82, 2.24) is 15.2 Å². The Morgan fingerprint density at radius 1 is 1.16 bits per heavy atom. The smallest absolute Gasteiger partial charge is 0.414 e. The lowest BCUT2D eigenvalue weighted by atomic mass is 10.1. The summed E-state index contributed by atoms with van der Waals surface area (Å²) in [6.07, 6.45) is -18.0. The Labute approximate surface area is 179 Å². The Morgan fingerprint density at radius 3 is 2.13 bits per heavy atom. The molecule has 1 N–H and O–H groups in total. The van der Waals surface area contributed by atoms with E-state index in [-0.39, 0.29) is 15.1 Å². The van der Waals surface area contributed by atoms with Crippen LogP contribution in [0.25, 0.3) is 0 Å². The molecule has 1 aromatic heterocycles. The Hall–Kier alpha value is -1.93. The van der Waals surface area contributed by atoms with Crippen LogP contribution in [0.3, 0.4) is 0 Å². The molecule has 0 fully saturated rings. The van der Waals surface area contributed by atoms with Crippen LogP contribution >= 0.6 is 15.9 Å². The lowest BCUT2D eigenvalue weighted by molar-refractivity contribution is -0.182. The number of nitrogens with one attached hydrogen (secondary N) is 1. The maximum absolute atomic E-state index is 13.7. The second-order valence-electron chi connectivity index (χ2n) is 6.17. The summed E-state index contributed by atoms with van der Waals surface area (Å²) in [5, 5.41) is 1.24. The highest BCUT2D eigenvalue weighted by molar-refractivity contribution is 9.10. The van der Waals surface area contributed by atoms with Crippen LogP contribution in [-0.4, -0.2) is 54.1 Å². The number of amides is 2. The molecule has 31 heavy (non-hydrogen) atoms. The fourth-order valence-electron chi connectivity index (χ4n) is 2.54. The molecule has 1 heterocycles. The molecule has 2 amide bonds. The summed E-state index contributed by atoms with van der Waals surface area (Å²) < 4.78 is 122. The molecule has 0 aliphatic heterocycles. The summed E-state index contributed by atoms with van der Waals surface area (Å²) >= 11 is 2.95. The van der Waals surface area contributed by atoms with Crippen molar-refractivity contribution >= 4 is 22.0 Å². The number of urea groups is 1. The first-order valence-electron chi connectivity index (χ1n) is 8.48. The first kappa shape index (κ1) is 27.1. The van der Waals surface area contributed by atoms with Crippen LogP contribution in [0.2, 0.25) is 0 Å². The maximum Gasteiger partial charge on any atom is 0.414 e. The number of ether oxygens (including phenoxy) is 1. The van der Waals surface area contributed by atoms with Crippen LogP contribution in [0, 0.1) is 0 Å². The first-order chi connectivity index (χ1) is 14.0. The summed E-state index contributed by atoms with van der Waals surface area (Å²) in [6, 6.07) is -6.74. The molecule has 0 bridgehead atoms. The predicted octanol–water partition coefficient (Wildman–Crippen LogP) is 5.76. The van der Waals surface area contributed by atoms with Gasteiger partial charge in [0.2, 0.25) is 0 Å². The number of hydrogen-bond acceptors (Lipinski definition) is 3. The summed E-state index contributed by atoms with van der Waals surface area (Å²) in [6.45, 7) is 0.348. The molecule has 0 saturated heterocycles. The van der Waals surface area contributed by atoms with Crippen molar-refractivity contribution in [2.45, 2.75) is 50.4 Å². The second kappa shape index (κ2) is 10.1. The zero-order valence-electron chi connectivity index (χ0n) is 15.9. The van der Waals surface area contributed by atoms with E-state index < -0.39 is 61.7 Å². The van der Waals surface area contributed by atoms with Gasteiger partial charge in [-0.25, -0.2) is 4.79 Å². The van der Waals surface area contributed by atoms with Crippen molar-refractivity contribution in [2.75, 3.05) is 13.7 Å². The molecule has 0 spiro atoms. The van der Waals surface area contributed by atoms with Crippen molar-refractivity contribution < 1.29 is 49.0 Å². The van der Waals surface area contributed by atoms with Crippen LogP contribution in [0.1, 0.15) is 31.5 Å². The normalized spacial score (nSPS) is 14.7. The van der Waals surface area contributed by atoms with E-state index in [4.69, 9.17) is 4.74 Å². The fraction of sp³-hybridized carbons (Fsp3) is 0.625. The summed E-state index contributed by atoms with van der Waals surface area (Å²) in [5.41, 5.74) is -0.740. The number of rotatable bonds is 7. The Morgan fingerprint density at radius 2 is 1.74 bits per heavy atom.